The molecule has 26 heavy (non-hydrogen) atoms. The van der Waals surface area contributed by atoms with Gasteiger partial charge in [0.2, 0.25) is 0 Å². The summed E-state index contributed by atoms with van der Waals surface area (Å²) in [4.78, 5) is 24.6. The molecule has 4 heteroatoms. The average Bonchev–Trinajstić information content (AvgIpc) is 3.25. The molecule has 0 radical (unpaired) electrons. The lowest BCUT2D eigenvalue weighted by molar-refractivity contribution is -0.135. The molecule has 2 fully saturated rings. The number of fused-ring (bicyclic) bond motifs is 2. The Morgan fingerprint density at radius 3 is 2.15 bits per heavy atom. The first-order valence-electron chi connectivity index (χ1n) is 9.19. The molecule has 2 aliphatic carbocycles. The van der Waals surface area contributed by atoms with E-state index < -0.39 is 0 Å². The van der Waals surface area contributed by atoms with E-state index in [-0.39, 0.29) is 17.6 Å². The molecule has 2 aliphatic rings. The Balaban J connectivity index is 1.36. The lowest BCUT2D eigenvalue weighted by Crippen LogP contribution is -2.18. The van der Waals surface area contributed by atoms with Gasteiger partial charge in [-0.15, -0.1) is 0 Å². The van der Waals surface area contributed by atoms with Crippen LogP contribution in [0.1, 0.15) is 48.0 Å². The summed E-state index contributed by atoms with van der Waals surface area (Å²) in [6.45, 7) is 0. The van der Waals surface area contributed by atoms with Crippen molar-refractivity contribution in [1.82, 2.24) is 0 Å². The van der Waals surface area contributed by atoms with Gasteiger partial charge in [0.25, 0.3) is 0 Å². The molecular weight excluding hydrogens is 331 g/mol. The van der Waals surface area contributed by atoms with Crippen LogP contribution in [0.2, 0.25) is 0 Å². The molecule has 0 spiro atoms. The van der Waals surface area contributed by atoms with Crippen LogP contribution in [0.4, 0.5) is 4.39 Å². The largest absolute Gasteiger partial charge is 0.427 e. The van der Waals surface area contributed by atoms with E-state index in [0.717, 1.165) is 12.3 Å². The minimum Gasteiger partial charge on any atom is -0.427 e. The highest BCUT2D eigenvalue weighted by atomic mass is 19.1. The summed E-state index contributed by atoms with van der Waals surface area (Å²) in [5, 5.41) is 0. The second-order valence-corrected chi connectivity index (χ2v) is 7.47. The average molecular weight is 352 g/mol. The summed E-state index contributed by atoms with van der Waals surface area (Å²) < 4.78 is 18.4. The van der Waals surface area contributed by atoms with Gasteiger partial charge in [0.05, 0.1) is 0 Å². The van der Waals surface area contributed by atoms with E-state index in [4.69, 9.17) is 4.74 Å². The quantitative estimate of drug-likeness (QED) is 0.441. The van der Waals surface area contributed by atoms with Crippen molar-refractivity contribution in [3.63, 3.8) is 0 Å². The molecule has 3 unspecified atom stereocenters. The predicted molar refractivity (Wildman–Crippen MR) is 95.5 cm³/mol. The summed E-state index contributed by atoms with van der Waals surface area (Å²) in [5.41, 5.74) is 0.900. The molecule has 2 aromatic rings. The van der Waals surface area contributed by atoms with Crippen LogP contribution in [0.5, 0.6) is 5.75 Å². The lowest BCUT2D eigenvalue weighted by atomic mass is 9.86. The van der Waals surface area contributed by atoms with E-state index in [2.05, 4.69) is 0 Å². The SMILES string of the molecule is O=C(CC1CC2CCC1C2)Oc1ccc(C(=O)c2ccc(F)cc2)cc1. The fourth-order valence-corrected chi connectivity index (χ4v) is 4.46. The van der Waals surface area contributed by atoms with Crippen LogP contribution in [0.15, 0.2) is 48.5 Å². The van der Waals surface area contributed by atoms with Crippen molar-refractivity contribution >= 4 is 11.8 Å². The molecule has 3 nitrogen and oxygen atoms in total. The molecule has 2 saturated carbocycles. The monoisotopic (exact) mass is 352 g/mol. The maximum atomic E-state index is 13.0. The third-order valence-corrected chi connectivity index (χ3v) is 5.77. The Hall–Kier alpha value is -2.49. The number of ketones is 1. The van der Waals surface area contributed by atoms with Crippen LogP contribution in [0.3, 0.4) is 0 Å². The number of carbonyl (C=O) groups excluding carboxylic acids is 2. The highest BCUT2D eigenvalue weighted by Crippen LogP contribution is 2.49. The second kappa shape index (κ2) is 7.02. The van der Waals surface area contributed by atoms with Crippen molar-refractivity contribution in [1.29, 1.82) is 0 Å². The van der Waals surface area contributed by atoms with Crippen molar-refractivity contribution in [2.24, 2.45) is 17.8 Å². The summed E-state index contributed by atoms with van der Waals surface area (Å²) in [6.07, 6.45) is 5.49. The van der Waals surface area contributed by atoms with Crippen molar-refractivity contribution in [2.75, 3.05) is 0 Å². The Morgan fingerprint density at radius 1 is 0.923 bits per heavy atom. The van der Waals surface area contributed by atoms with E-state index in [0.29, 0.717) is 35.1 Å². The van der Waals surface area contributed by atoms with Crippen LogP contribution in [-0.2, 0) is 4.79 Å². The number of esters is 1. The number of ether oxygens (including phenoxy) is 1. The second-order valence-electron chi connectivity index (χ2n) is 7.47. The summed E-state index contributed by atoms with van der Waals surface area (Å²) in [6, 6.07) is 12.0. The van der Waals surface area contributed by atoms with Gasteiger partial charge in [-0.25, -0.2) is 4.39 Å². The molecule has 0 heterocycles. The smallest absolute Gasteiger partial charge is 0.311 e. The number of rotatable bonds is 5. The molecule has 134 valence electrons. The zero-order valence-electron chi connectivity index (χ0n) is 14.5. The van der Waals surface area contributed by atoms with Gasteiger partial charge in [-0.05, 0) is 85.5 Å². The highest BCUT2D eigenvalue weighted by Gasteiger charge is 2.40. The molecule has 4 rings (SSSR count). The summed E-state index contributed by atoms with van der Waals surface area (Å²) in [5.74, 6) is 1.68. The molecule has 2 bridgehead atoms. The number of hydrogen-bond donors (Lipinski definition) is 0. The predicted octanol–water partition coefficient (Wildman–Crippen LogP) is 4.79. The standard InChI is InChI=1S/C22H21FO3/c23-19-7-3-15(4-8-19)22(25)16-5-9-20(10-6-16)26-21(24)13-18-12-14-1-2-17(18)11-14/h3-10,14,17-18H,1-2,11-13H2. The summed E-state index contributed by atoms with van der Waals surface area (Å²) in [7, 11) is 0. The van der Waals surface area contributed by atoms with E-state index in [1.807, 2.05) is 0 Å². The van der Waals surface area contributed by atoms with E-state index in [9.17, 15) is 14.0 Å². The Bertz CT molecular complexity index is 810. The minimum absolute atomic E-state index is 0.190. The first-order chi connectivity index (χ1) is 12.6. The first kappa shape index (κ1) is 17.0. The van der Waals surface area contributed by atoms with Crippen LogP contribution in [0.25, 0.3) is 0 Å². The zero-order chi connectivity index (χ0) is 18.1. The van der Waals surface area contributed by atoms with Crippen LogP contribution >= 0.6 is 0 Å². The van der Waals surface area contributed by atoms with Crippen LogP contribution in [0, 0.1) is 23.6 Å². The molecular formula is C22H21FO3. The first-order valence-corrected chi connectivity index (χ1v) is 9.19. The maximum absolute atomic E-state index is 13.0. The highest BCUT2D eigenvalue weighted by molar-refractivity contribution is 6.09. The third-order valence-electron chi connectivity index (χ3n) is 5.77. The fraction of sp³-hybridized carbons (Fsp3) is 0.364. The normalized spacial score (nSPS) is 23.8. The van der Waals surface area contributed by atoms with Gasteiger partial charge in [-0.1, -0.05) is 6.42 Å². The lowest BCUT2D eigenvalue weighted by Gasteiger charge is -2.20. The van der Waals surface area contributed by atoms with Gasteiger partial charge < -0.3 is 4.74 Å². The van der Waals surface area contributed by atoms with Gasteiger partial charge in [0, 0.05) is 17.5 Å². The summed E-state index contributed by atoms with van der Waals surface area (Å²) >= 11 is 0. The van der Waals surface area contributed by atoms with Crippen molar-refractivity contribution < 1.29 is 18.7 Å². The number of carbonyl (C=O) groups is 2. The van der Waals surface area contributed by atoms with Crippen LogP contribution in [-0.4, -0.2) is 11.8 Å². The van der Waals surface area contributed by atoms with Gasteiger partial charge >= 0.3 is 5.97 Å². The number of halogens is 1. The topological polar surface area (TPSA) is 43.4 Å². The maximum Gasteiger partial charge on any atom is 0.311 e. The Kier molecular flexibility index (Phi) is 4.58. The number of hydrogen-bond acceptors (Lipinski definition) is 3. The van der Waals surface area contributed by atoms with Gasteiger partial charge in [-0.2, -0.15) is 0 Å². The molecule has 0 aliphatic heterocycles. The van der Waals surface area contributed by atoms with Gasteiger partial charge in [-0.3, -0.25) is 9.59 Å². The molecule has 0 amide bonds. The van der Waals surface area contributed by atoms with E-state index >= 15 is 0 Å². The Labute approximate surface area is 152 Å². The fourth-order valence-electron chi connectivity index (χ4n) is 4.46. The molecule has 0 N–H and O–H groups in total. The van der Waals surface area contributed by atoms with E-state index in [1.165, 1.54) is 43.5 Å². The van der Waals surface area contributed by atoms with Crippen molar-refractivity contribution in [3.8, 4) is 5.75 Å². The van der Waals surface area contributed by atoms with Gasteiger partial charge in [0.1, 0.15) is 11.6 Å². The molecule has 0 saturated heterocycles. The number of benzene rings is 2. The minimum atomic E-state index is -0.376. The third kappa shape index (κ3) is 3.55. The Morgan fingerprint density at radius 2 is 1.58 bits per heavy atom. The molecule has 2 aromatic carbocycles. The van der Waals surface area contributed by atoms with Crippen LogP contribution < -0.4 is 4.74 Å². The van der Waals surface area contributed by atoms with Gasteiger partial charge in [0.15, 0.2) is 5.78 Å². The molecule has 3 atom stereocenters. The zero-order valence-corrected chi connectivity index (χ0v) is 14.5. The van der Waals surface area contributed by atoms with E-state index in [1.54, 1.807) is 24.3 Å². The van der Waals surface area contributed by atoms with Crippen molar-refractivity contribution in [3.05, 3.63) is 65.5 Å². The van der Waals surface area contributed by atoms with Crippen molar-refractivity contribution in [2.45, 2.75) is 32.1 Å². The molecule has 0 aromatic heterocycles.